The molecule has 0 aromatic heterocycles. The van der Waals surface area contributed by atoms with Gasteiger partial charge in [-0.15, -0.1) is 0 Å². The van der Waals surface area contributed by atoms with E-state index in [1.165, 1.54) is 0 Å². The summed E-state index contributed by atoms with van der Waals surface area (Å²) in [6.45, 7) is 1.95. The molecule has 0 bridgehead atoms. The number of carbonyl (C=O) groups excluding carboxylic acids is 1. The monoisotopic (exact) mass is 264 g/mol. The first-order chi connectivity index (χ1) is 9.19. The summed E-state index contributed by atoms with van der Waals surface area (Å²) in [5.74, 6) is 6.85. The van der Waals surface area contributed by atoms with Crippen molar-refractivity contribution in [2.24, 2.45) is 0 Å². The fourth-order valence-electron chi connectivity index (χ4n) is 1.27. The molecule has 0 radical (unpaired) electrons. The van der Waals surface area contributed by atoms with Gasteiger partial charge in [0.2, 0.25) is 0 Å². The second kappa shape index (κ2) is 7.88. The SMILES string of the molecule is CCOC(=O)OCC#Cc1cc(OC)cc(OC)c1. The van der Waals surface area contributed by atoms with Crippen molar-refractivity contribution in [2.75, 3.05) is 27.4 Å². The highest BCUT2D eigenvalue weighted by Crippen LogP contribution is 2.21. The summed E-state index contributed by atoms with van der Waals surface area (Å²) < 4.78 is 19.6. The van der Waals surface area contributed by atoms with Gasteiger partial charge in [0.15, 0.2) is 6.61 Å². The summed E-state index contributed by atoms with van der Waals surface area (Å²) >= 11 is 0. The molecule has 0 atom stereocenters. The van der Waals surface area contributed by atoms with Gasteiger partial charge in [-0.05, 0) is 19.1 Å². The number of benzene rings is 1. The van der Waals surface area contributed by atoms with Crippen LogP contribution in [0.15, 0.2) is 18.2 Å². The van der Waals surface area contributed by atoms with Gasteiger partial charge in [-0.1, -0.05) is 11.8 Å². The lowest BCUT2D eigenvalue weighted by Gasteiger charge is -2.04. The molecule has 0 unspecified atom stereocenters. The van der Waals surface area contributed by atoms with Crippen molar-refractivity contribution in [3.63, 3.8) is 0 Å². The van der Waals surface area contributed by atoms with Crippen molar-refractivity contribution >= 4 is 6.16 Å². The van der Waals surface area contributed by atoms with Gasteiger partial charge in [0, 0.05) is 11.6 Å². The van der Waals surface area contributed by atoms with E-state index in [2.05, 4.69) is 16.6 Å². The minimum absolute atomic E-state index is 0.0294. The molecule has 0 saturated carbocycles. The predicted octanol–water partition coefficient (Wildman–Crippen LogP) is 2.23. The molecule has 1 aromatic carbocycles. The standard InChI is InChI=1S/C14H16O5/c1-4-18-14(15)19-7-5-6-11-8-12(16-2)10-13(9-11)17-3/h8-10H,4,7H2,1-3H3. The molecule has 5 nitrogen and oxygen atoms in total. The highest BCUT2D eigenvalue weighted by atomic mass is 16.7. The van der Waals surface area contributed by atoms with Gasteiger partial charge in [0.25, 0.3) is 0 Å². The first-order valence-corrected chi connectivity index (χ1v) is 5.71. The smallest absolute Gasteiger partial charge is 0.497 e. The highest BCUT2D eigenvalue weighted by molar-refractivity contribution is 5.60. The Bertz CT molecular complexity index is 462. The zero-order valence-corrected chi connectivity index (χ0v) is 11.2. The third-order valence-corrected chi connectivity index (χ3v) is 2.11. The Balaban J connectivity index is 2.64. The van der Waals surface area contributed by atoms with E-state index in [1.807, 2.05) is 0 Å². The van der Waals surface area contributed by atoms with Crippen molar-refractivity contribution in [3.8, 4) is 23.3 Å². The van der Waals surface area contributed by atoms with E-state index in [0.717, 1.165) is 0 Å². The van der Waals surface area contributed by atoms with E-state index >= 15 is 0 Å². The summed E-state index contributed by atoms with van der Waals surface area (Å²) in [6.07, 6.45) is -0.722. The van der Waals surface area contributed by atoms with Crippen LogP contribution in [0, 0.1) is 11.8 Å². The lowest BCUT2D eigenvalue weighted by molar-refractivity contribution is 0.0687. The predicted molar refractivity (Wildman–Crippen MR) is 69.4 cm³/mol. The van der Waals surface area contributed by atoms with Gasteiger partial charge in [0.1, 0.15) is 11.5 Å². The van der Waals surface area contributed by atoms with E-state index in [1.54, 1.807) is 39.3 Å². The number of rotatable bonds is 4. The number of methoxy groups -OCH3 is 2. The molecule has 102 valence electrons. The van der Waals surface area contributed by atoms with Crippen LogP contribution in [-0.4, -0.2) is 33.6 Å². The minimum Gasteiger partial charge on any atom is -0.497 e. The second-order valence-corrected chi connectivity index (χ2v) is 3.37. The number of hydrogen-bond donors (Lipinski definition) is 0. The van der Waals surface area contributed by atoms with Crippen LogP contribution in [0.4, 0.5) is 4.79 Å². The Morgan fingerprint density at radius 1 is 1.11 bits per heavy atom. The number of carbonyl (C=O) groups is 1. The molecule has 19 heavy (non-hydrogen) atoms. The third-order valence-electron chi connectivity index (χ3n) is 2.11. The first-order valence-electron chi connectivity index (χ1n) is 5.71. The van der Waals surface area contributed by atoms with Crippen LogP contribution in [0.2, 0.25) is 0 Å². The minimum atomic E-state index is -0.722. The van der Waals surface area contributed by atoms with Crippen LogP contribution >= 0.6 is 0 Å². The molecule has 0 aliphatic heterocycles. The topological polar surface area (TPSA) is 54.0 Å². The Morgan fingerprint density at radius 3 is 2.26 bits per heavy atom. The Kier molecular flexibility index (Phi) is 6.10. The molecule has 0 spiro atoms. The molecule has 0 saturated heterocycles. The van der Waals surface area contributed by atoms with Crippen LogP contribution in [0.5, 0.6) is 11.5 Å². The molecule has 0 aliphatic rings. The summed E-state index contributed by atoms with van der Waals surface area (Å²) in [7, 11) is 3.13. The fraction of sp³-hybridized carbons (Fsp3) is 0.357. The summed E-state index contributed by atoms with van der Waals surface area (Å²) in [4.78, 5) is 10.9. The zero-order chi connectivity index (χ0) is 14.1. The molecule has 0 aliphatic carbocycles. The van der Waals surface area contributed by atoms with E-state index in [-0.39, 0.29) is 13.2 Å². The fourth-order valence-corrected chi connectivity index (χ4v) is 1.27. The first kappa shape index (κ1) is 14.7. The van der Waals surface area contributed by atoms with Gasteiger partial charge in [-0.25, -0.2) is 4.79 Å². The maximum Gasteiger partial charge on any atom is 0.509 e. The molecule has 1 aromatic rings. The maximum atomic E-state index is 10.9. The quantitative estimate of drug-likeness (QED) is 0.616. The average Bonchev–Trinajstić information content (AvgIpc) is 2.43. The van der Waals surface area contributed by atoms with Gasteiger partial charge in [-0.2, -0.15) is 0 Å². The van der Waals surface area contributed by atoms with Gasteiger partial charge < -0.3 is 18.9 Å². The summed E-state index contributed by atoms with van der Waals surface area (Å²) in [5, 5.41) is 0. The number of hydrogen-bond acceptors (Lipinski definition) is 5. The van der Waals surface area contributed by atoms with Crippen molar-refractivity contribution in [1.82, 2.24) is 0 Å². The number of ether oxygens (including phenoxy) is 4. The molecule has 5 heteroatoms. The van der Waals surface area contributed by atoms with Gasteiger partial charge in [0.05, 0.1) is 20.8 Å². The van der Waals surface area contributed by atoms with Crippen LogP contribution in [0.1, 0.15) is 12.5 Å². The van der Waals surface area contributed by atoms with Crippen molar-refractivity contribution in [1.29, 1.82) is 0 Å². The lowest BCUT2D eigenvalue weighted by atomic mass is 10.2. The molecular weight excluding hydrogens is 248 g/mol. The second-order valence-electron chi connectivity index (χ2n) is 3.37. The van der Waals surface area contributed by atoms with Crippen molar-refractivity contribution < 1.29 is 23.7 Å². The van der Waals surface area contributed by atoms with Crippen LogP contribution in [0.25, 0.3) is 0 Å². The molecule has 1 rings (SSSR count). The summed E-state index contributed by atoms with van der Waals surface area (Å²) in [5.41, 5.74) is 0.712. The Morgan fingerprint density at radius 2 is 1.74 bits per heavy atom. The largest absolute Gasteiger partial charge is 0.509 e. The van der Waals surface area contributed by atoms with Crippen LogP contribution in [0.3, 0.4) is 0 Å². The Hall–Kier alpha value is -2.35. The molecular formula is C14H16O5. The van der Waals surface area contributed by atoms with Crippen molar-refractivity contribution in [3.05, 3.63) is 23.8 Å². The van der Waals surface area contributed by atoms with Crippen molar-refractivity contribution in [2.45, 2.75) is 6.92 Å². The Labute approximate surface area is 112 Å². The van der Waals surface area contributed by atoms with Gasteiger partial charge in [-0.3, -0.25) is 0 Å². The van der Waals surface area contributed by atoms with E-state index < -0.39 is 6.16 Å². The van der Waals surface area contributed by atoms with Gasteiger partial charge >= 0.3 is 6.16 Å². The zero-order valence-electron chi connectivity index (χ0n) is 11.2. The molecule has 0 fully saturated rings. The highest BCUT2D eigenvalue weighted by Gasteiger charge is 2.00. The molecule has 0 amide bonds. The maximum absolute atomic E-state index is 10.9. The van der Waals surface area contributed by atoms with E-state index in [4.69, 9.17) is 14.2 Å². The average molecular weight is 264 g/mol. The van der Waals surface area contributed by atoms with E-state index in [0.29, 0.717) is 17.1 Å². The normalized spacial score (nSPS) is 9.00. The molecule has 0 N–H and O–H groups in total. The van der Waals surface area contributed by atoms with E-state index in [9.17, 15) is 4.79 Å². The molecule has 0 heterocycles. The summed E-state index contributed by atoms with van der Waals surface area (Å²) in [6, 6.07) is 5.28. The van der Waals surface area contributed by atoms with Crippen LogP contribution < -0.4 is 9.47 Å². The van der Waals surface area contributed by atoms with Crippen LogP contribution in [-0.2, 0) is 9.47 Å². The lowest BCUT2D eigenvalue weighted by Crippen LogP contribution is -2.06. The third kappa shape index (κ3) is 5.21.